The zero-order valence-electron chi connectivity index (χ0n) is 8.85. The Morgan fingerprint density at radius 2 is 2.07 bits per heavy atom. The van der Waals surface area contributed by atoms with Gasteiger partial charge in [-0.1, -0.05) is 36.2 Å². The van der Waals surface area contributed by atoms with E-state index in [4.69, 9.17) is 23.2 Å². The van der Waals surface area contributed by atoms with Crippen molar-refractivity contribution in [3.8, 4) is 5.75 Å². The Balaban J connectivity index is 2.90. The Kier molecular flexibility index (Phi) is 4.71. The highest BCUT2D eigenvalue weighted by atomic mass is 35.5. The average Bonchev–Trinajstić information content (AvgIpc) is 2.23. The number of rotatable bonds is 4. The second-order valence-electron chi connectivity index (χ2n) is 3.48. The fourth-order valence-electron chi connectivity index (χ4n) is 1.38. The van der Waals surface area contributed by atoms with Gasteiger partial charge in [0, 0.05) is 11.6 Å². The Bertz CT molecular complexity index is 342. The van der Waals surface area contributed by atoms with Crippen LogP contribution in [-0.2, 0) is 0 Å². The number of halogens is 2. The van der Waals surface area contributed by atoms with Crippen molar-refractivity contribution in [2.24, 2.45) is 0 Å². The number of benzene rings is 1. The van der Waals surface area contributed by atoms with Gasteiger partial charge in [0.1, 0.15) is 10.8 Å². The van der Waals surface area contributed by atoms with Crippen LogP contribution >= 0.6 is 23.2 Å². The van der Waals surface area contributed by atoms with Crippen molar-refractivity contribution in [2.75, 3.05) is 6.54 Å². The molecule has 84 valence electrons. The fourth-order valence-corrected chi connectivity index (χ4v) is 1.70. The van der Waals surface area contributed by atoms with Crippen LogP contribution < -0.4 is 5.32 Å². The highest BCUT2D eigenvalue weighted by Crippen LogP contribution is 2.36. The van der Waals surface area contributed by atoms with E-state index in [1.165, 1.54) is 0 Å². The van der Waals surface area contributed by atoms with E-state index in [0.717, 1.165) is 18.5 Å². The van der Waals surface area contributed by atoms with Gasteiger partial charge in [-0.15, -0.1) is 0 Å². The van der Waals surface area contributed by atoms with Crippen molar-refractivity contribution in [3.63, 3.8) is 0 Å². The molecule has 0 saturated carbocycles. The van der Waals surface area contributed by atoms with Crippen molar-refractivity contribution < 1.29 is 5.11 Å². The molecular weight excluding hydrogens is 233 g/mol. The molecule has 1 rings (SSSR count). The standard InChI is InChI=1S/C11H15Cl2NO/c1-3-6-14-7(2)8-4-5-9(12)10(13)11(8)15/h4-5,7,14-15H,3,6H2,1-2H3. The summed E-state index contributed by atoms with van der Waals surface area (Å²) in [5.41, 5.74) is 0.776. The largest absolute Gasteiger partial charge is 0.506 e. The number of hydrogen-bond acceptors (Lipinski definition) is 2. The molecule has 0 bridgehead atoms. The highest BCUT2D eigenvalue weighted by Gasteiger charge is 2.14. The van der Waals surface area contributed by atoms with E-state index >= 15 is 0 Å². The number of hydrogen-bond donors (Lipinski definition) is 2. The second-order valence-corrected chi connectivity index (χ2v) is 4.26. The molecule has 2 nitrogen and oxygen atoms in total. The molecule has 1 unspecified atom stereocenters. The minimum atomic E-state index is 0.0692. The van der Waals surface area contributed by atoms with Crippen molar-refractivity contribution in [1.29, 1.82) is 0 Å². The number of nitrogens with one attached hydrogen (secondary N) is 1. The van der Waals surface area contributed by atoms with Crippen LogP contribution in [0.15, 0.2) is 12.1 Å². The third-order valence-corrected chi connectivity index (χ3v) is 3.06. The molecule has 0 heterocycles. The third kappa shape index (κ3) is 3.00. The van der Waals surface area contributed by atoms with E-state index in [0.29, 0.717) is 5.02 Å². The summed E-state index contributed by atoms with van der Waals surface area (Å²) < 4.78 is 0. The normalized spacial score (nSPS) is 12.8. The Labute approximate surface area is 100 Å². The molecule has 2 N–H and O–H groups in total. The number of aromatic hydroxyl groups is 1. The monoisotopic (exact) mass is 247 g/mol. The summed E-state index contributed by atoms with van der Waals surface area (Å²) in [6, 6.07) is 3.56. The van der Waals surface area contributed by atoms with E-state index in [2.05, 4.69) is 12.2 Å². The average molecular weight is 248 g/mol. The molecule has 0 amide bonds. The van der Waals surface area contributed by atoms with Gasteiger partial charge in [0.15, 0.2) is 0 Å². The predicted molar refractivity (Wildman–Crippen MR) is 64.8 cm³/mol. The van der Waals surface area contributed by atoms with E-state index in [1.807, 2.05) is 6.92 Å². The minimum absolute atomic E-state index is 0.0692. The molecule has 0 aliphatic carbocycles. The first kappa shape index (κ1) is 12.6. The molecule has 15 heavy (non-hydrogen) atoms. The summed E-state index contributed by atoms with van der Waals surface area (Å²) in [5, 5.41) is 13.7. The summed E-state index contributed by atoms with van der Waals surface area (Å²) in [4.78, 5) is 0. The van der Waals surface area contributed by atoms with Gasteiger partial charge in [-0.25, -0.2) is 0 Å². The summed E-state index contributed by atoms with van der Waals surface area (Å²) in [6.45, 7) is 4.98. The fraction of sp³-hybridized carbons (Fsp3) is 0.455. The van der Waals surface area contributed by atoms with Gasteiger partial charge in [-0.05, 0) is 26.0 Å². The molecule has 0 aromatic heterocycles. The van der Waals surface area contributed by atoms with Crippen LogP contribution in [0.1, 0.15) is 31.9 Å². The molecule has 0 fully saturated rings. The van der Waals surface area contributed by atoms with Gasteiger partial charge in [-0.3, -0.25) is 0 Å². The maximum Gasteiger partial charge on any atom is 0.140 e. The van der Waals surface area contributed by atoms with E-state index < -0.39 is 0 Å². The molecule has 1 aromatic rings. The van der Waals surface area contributed by atoms with Gasteiger partial charge in [0.05, 0.1) is 5.02 Å². The summed E-state index contributed by atoms with van der Waals surface area (Å²) in [7, 11) is 0. The van der Waals surface area contributed by atoms with Gasteiger partial charge in [0.2, 0.25) is 0 Å². The third-order valence-electron chi connectivity index (χ3n) is 2.27. The van der Waals surface area contributed by atoms with Gasteiger partial charge < -0.3 is 10.4 Å². The van der Waals surface area contributed by atoms with Crippen LogP contribution in [-0.4, -0.2) is 11.7 Å². The lowest BCUT2D eigenvalue weighted by Crippen LogP contribution is -2.19. The number of phenols is 1. The molecular formula is C11H15Cl2NO. The maximum absolute atomic E-state index is 9.79. The molecule has 0 aliphatic heterocycles. The van der Waals surface area contributed by atoms with Gasteiger partial charge >= 0.3 is 0 Å². The first-order chi connectivity index (χ1) is 7.07. The smallest absolute Gasteiger partial charge is 0.140 e. The minimum Gasteiger partial charge on any atom is -0.506 e. The Morgan fingerprint density at radius 3 is 2.67 bits per heavy atom. The molecule has 1 atom stereocenters. The van der Waals surface area contributed by atoms with Crippen molar-refractivity contribution >= 4 is 23.2 Å². The molecule has 1 aromatic carbocycles. The zero-order chi connectivity index (χ0) is 11.4. The quantitative estimate of drug-likeness (QED) is 0.850. The Morgan fingerprint density at radius 1 is 1.40 bits per heavy atom. The predicted octanol–water partition coefficient (Wildman–Crippen LogP) is 3.76. The highest BCUT2D eigenvalue weighted by molar-refractivity contribution is 6.43. The first-order valence-corrected chi connectivity index (χ1v) is 5.73. The van der Waals surface area contributed by atoms with Crippen LogP contribution in [0.3, 0.4) is 0 Å². The second kappa shape index (κ2) is 5.59. The van der Waals surface area contributed by atoms with E-state index in [-0.39, 0.29) is 16.8 Å². The summed E-state index contributed by atoms with van der Waals surface area (Å²) in [5.74, 6) is 0.0697. The topological polar surface area (TPSA) is 32.3 Å². The van der Waals surface area contributed by atoms with Gasteiger partial charge in [0.25, 0.3) is 0 Å². The first-order valence-electron chi connectivity index (χ1n) is 4.98. The van der Waals surface area contributed by atoms with E-state index in [1.54, 1.807) is 12.1 Å². The summed E-state index contributed by atoms with van der Waals surface area (Å²) >= 11 is 11.6. The van der Waals surface area contributed by atoms with Crippen LogP contribution in [0.5, 0.6) is 5.75 Å². The van der Waals surface area contributed by atoms with Crippen LogP contribution in [0, 0.1) is 0 Å². The molecule has 4 heteroatoms. The van der Waals surface area contributed by atoms with Crippen molar-refractivity contribution in [3.05, 3.63) is 27.7 Å². The molecule has 0 spiro atoms. The van der Waals surface area contributed by atoms with Crippen LogP contribution in [0.25, 0.3) is 0 Å². The van der Waals surface area contributed by atoms with Crippen molar-refractivity contribution in [1.82, 2.24) is 5.32 Å². The molecule has 0 aliphatic rings. The Hall–Kier alpha value is -0.440. The molecule has 0 radical (unpaired) electrons. The lowest BCUT2D eigenvalue weighted by molar-refractivity contribution is 0.453. The maximum atomic E-state index is 9.79. The van der Waals surface area contributed by atoms with Gasteiger partial charge in [-0.2, -0.15) is 0 Å². The van der Waals surface area contributed by atoms with Crippen LogP contribution in [0.2, 0.25) is 10.0 Å². The lowest BCUT2D eigenvalue weighted by atomic mass is 10.1. The summed E-state index contributed by atoms with van der Waals surface area (Å²) in [6.07, 6.45) is 1.05. The van der Waals surface area contributed by atoms with E-state index in [9.17, 15) is 5.11 Å². The van der Waals surface area contributed by atoms with Crippen LogP contribution in [0.4, 0.5) is 0 Å². The SMILES string of the molecule is CCCNC(C)c1ccc(Cl)c(Cl)c1O. The zero-order valence-corrected chi connectivity index (χ0v) is 10.4. The molecule has 0 saturated heterocycles. The lowest BCUT2D eigenvalue weighted by Gasteiger charge is -2.16. The number of phenolic OH excluding ortho intramolecular Hbond substituents is 1. The van der Waals surface area contributed by atoms with Crippen molar-refractivity contribution in [2.45, 2.75) is 26.3 Å².